The Bertz CT molecular complexity index is 349. The van der Waals surface area contributed by atoms with Gasteiger partial charge in [0.15, 0.2) is 0 Å². The van der Waals surface area contributed by atoms with Gasteiger partial charge >= 0.3 is 0 Å². The van der Waals surface area contributed by atoms with E-state index in [1.54, 1.807) is 0 Å². The quantitative estimate of drug-likeness (QED) is 0.791. The second kappa shape index (κ2) is 4.14. The molecule has 0 atom stereocenters. The summed E-state index contributed by atoms with van der Waals surface area (Å²) in [5.74, 6) is 0. The number of hydrogen-bond donors (Lipinski definition) is 2. The van der Waals surface area contributed by atoms with Crippen LogP contribution in [0.5, 0.6) is 0 Å². The van der Waals surface area contributed by atoms with Crippen molar-refractivity contribution in [2.75, 3.05) is 0 Å². The molecule has 0 radical (unpaired) electrons. The summed E-state index contributed by atoms with van der Waals surface area (Å²) in [6.07, 6.45) is 3.57. The third kappa shape index (κ3) is 2.59. The minimum atomic E-state index is -0.109. The van der Waals surface area contributed by atoms with Crippen LogP contribution in [0, 0.1) is 0 Å². The predicted octanol–water partition coefficient (Wildman–Crippen LogP) is 0.646. The second-order valence-electron chi connectivity index (χ2n) is 5.53. The van der Waals surface area contributed by atoms with Crippen LogP contribution in [-0.4, -0.2) is 32.2 Å². The highest BCUT2D eigenvalue weighted by Gasteiger charge is 2.26. The normalized spacial score (nSPS) is 25.5. The van der Waals surface area contributed by atoms with Crippen molar-refractivity contribution >= 4 is 0 Å². The van der Waals surface area contributed by atoms with E-state index in [0.29, 0.717) is 6.04 Å². The van der Waals surface area contributed by atoms with E-state index in [9.17, 15) is 0 Å². The van der Waals surface area contributed by atoms with E-state index in [4.69, 9.17) is 5.11 Å². The molecule has 0 spiro atoms. The topological polar surface area (TPSA) is 63.0 Å². The molecule has 2 N–H and O–H groups in total. The van der Waals surface area contributed by atoms with Gasteiger partial charge in [0.25, 0.3) is 0 Å². The van der Waals surface area contributed by atoms with Crippen LogP contribution in [0.1, 0.15) is 39.3 Å². The molecule has 0 amide bonds. The van der Waals surface area contributed by atoms with Crippen LogP contribution in [0.4, 0.5) is 0 Å². The Kier molecular flexibility index (Phi) is 2.99. The predicted molar refractivity (Wildman–Crippen MR) is 60.9 cm³/mol. The molecule has 5 nitrogen and oxygen atoms in total. The second-order valence-corrected chi connectivity index (χ2v) is 5.53. The first-order chi connectivity index (χ1) is 7.45. The molecule has 90 valence electrons. The Morgan fingerprint density at radius 2 is 2.19 bits per heavy atom. The number of nitrogens with zero attached hydrogens (tertiary/aromatic N) is 3. The number of hydrogen-bond acceptors (Lipinski definition) is 4. The average molecular weight is 224 g/mol. The molecule has 1 heterocycles. The molecule has 1 aromatic rings. The lowest BCUT2D eigenvalue weighted by molar-refractivity contribution is 0.0618. The van der Waals surface area contributed by atoms with E-state index < -0.39 is 0 Å². The Morgan fingerprint density at radius 3 is 2.69 bits per heavy atom. The van der Waals surface area contributed by atoms with Crippen LogP contribution in [0.25, 0.3) is 0 Å². The largest absolute Gasteiger partial charge is 0.393 e. The van der Waals surface area contributed by atoms with E-state index in [1.165, 1.54) is 0 Å². The number of rotatable bonds is 3. The van der Waals surface area contributed by atoms with Crippen molar-refractivity contribution < 1.29 is 5.11 Å². The monoisotopic (exact) mass is 224 g/mol. The highest BCUT2D eigenvalue weighted by atomic mass is 16.3. The molecule has 2 rings (SSSR count). The molecule has 1 aromatic heterocycles. The van der Waals surface area contributed by atoms with Crippen LogP contribution < -0.4 is 5.32 Å². The van der Waals surface area contributed by atoms with Gasteiger partial charge in [-0.15, -0.1) is 5.10 Å². The fourth-order valence-corrected chi connectivity index (χ4v) is 1.71. The summed E-state index contributed by atoms with van der Waals surface area (Å²) < 4.78 is 1.87. The molecule has 5 heteroatoms. The first-order valence-electron chi connectivity index (χ1n) is 5.78. The summed E-state index contributed by atoms with van der Waals surface area (Å²) >= 11 is 0. The molecule has 0 unspecified atom stereocenters. The van der Waals surface area contributed by atoms with Crippen molar-refractivity contribution in [1.29, 1.82) is 0 Å². The fourth-order valence-electron chi connectivity index (χ4n) is 1.71. The van der Waals surface area contributed by atoms with Crippen molar-refractivity contribution in [3.63, 3.8) is 0 Å². The minimum Gasteiger partial charge on any atom is -0.393 e. The Labute approximate surface area is 95.8 Å². The lowest BCUT2D eigenvalue weighted by Crippen LogP contribution is -2.43. The highest BCUT2D eigenvalue weighted by Crippen LogP contribution is 2.19. The van der Waals surface area contributed by atoms with Gasteiger partial charge in [-0.05, 0) is 33.6 Å². The van der Waals surface area contributed by atoms with Gasteiger partial charge in [0, 0.05) is 12.6 Å². The maximum absolute atomic E-state index is 9.15. The highest BCUT2D eigenvalue weighted by molar-refractivity contribution is 4.96. The maximum Gasteiger partial charge on any atom is 0.0965 e. The molecule has 16 heavy (non-hydrogen) atoms. The zero-order chi connectivity index (χ0) is 11.8. The van der Waals surface area contributed by atoms with Gasteiger partial charge < -0.3 is 10.4 Å². The summed E-state index contributed by atoms with van der Waals surface area (Å²) in [6.45, 7) is 7.02. The molecule has 0 aromatic carbocycles. The molecular formula is C11H20N4O. The van der Waals surface area contributed by atoms with Crippen molar-refractivity contribution in [3.8, 4) is 0 Å². The summed E-state index contributed by atoms with van der Waals surface area (Å²) in [5, 5.41) is 20.7. The van der Waals surface area contributed by atoms with Crippen molar-refractivity contribution in [2.24, 2.45) is 0 Å². The smallest absolute Gasteiger partial charge is 0.0965 e. The van der Waals surface area contributed by atoms with Crippen molar-refractivity contribution in [3.05, 3.63) is 11.9 Å². The molecule has 1 aliphatic rings. The molecule has 0 bridgehead atoms. The van der Waals surface area contributed by atoms with Gasteiger partial charge in [0.05, 0.1) is 23.5 Å². The first-order valence-corrected chi connectivity index (χ1v) is 5.78. The van der Waals surface area contributed by atoms with Gasteiger partial charge in [0.2, 0.25) is 0 Å². The Balaban J connectivity index is 1.84. The average Bonchev–Trinajstić information content (AvgIpc) is 2.58. The zero-order valence-corrected chi connectivity index (χ0v) is 10.1. The molecule has 1 fully saturated rings. The van der Waals surface area contributed by atoms with Crippen LogP contribution in [0.15, 0.2) is 6.20 Å². The number of aromatic nitrogens is 3. The van der Waals surface area contributed by atoms with Gasteiger partial charge in [-0.25, -0.2) is 4.68 Å². The number of aliphatic hydroxyl groups excluding tert-OH is 1. The van der Waals surface area contributed by atoms with Crippen LogP contribution >= 0.6 is 0 Å². The van der Waals surface area contributed by atoms with Crippen LogP contribution in [-0.2, 0) is 12.1 Å². The van der Waals surface area contributed by atoms with Crippen molar-refractivity contribution in [1.82, 2.24) is 20.3 Å². The summed E-state index contributed by atoms with van der Waals surface area (Å²) in [6, 6.07) is 0.440. The van der Waals surface area contributed by atoms with Gasteiger partial charge in [-0.1, -0.05) is 5.21 Å². The van der Waals surface area contributed by atoms with E-state index in [1.807, 2.05) is 10.9 Å². The van der Waals surface area contributed by atoms with Gasteiger partial charge in [-0.3, -0.25) is 0 Å². The molecule has 1 aliphatic carbocycles. The summed E-state index contributed by atoms with van der Waals surface area (Å²) in [5.41, 5.74) is 0.939. The Hall–Kier alpha value is -0.940. The Morgan fingerprint density at radius 1 is 1.50 bits per heavy atom. The fraction of sp³-hybridized carbons (Fsp3) is 0.818. The first kappa shape index (κ1) is 11.5. The molecule has 0 saturated heterocycles. The molecule has 0 aliphatic heterocycles. The lowest BCUT2D eigenvalue weighted by Gasteiger charge is -2.31. The van der Waals surface area contributed by atoms with Gasteiger partial charge in [-0.2, -0.15) is 0 Å². The van der Waals surface area contributed by atoms with E-state index in [2.05, 4.69) is 36.4 Å². The third-order valence-electron chi connectivity index (χ3n) is 2.91. The third-order valence-corrected chi connectivity index (χ3v) is 2.91. The summed E-state index contributed by atoms with van der Waals surface area (Å²) in [4.78, 5) is 0. The van der Waals surface area contributed by atoms with E-state index >= 15 is 0 Å². The van der Waals surface area contributed by atoms with E-state index in [0.717, 1.165) is 25.1 Å². The van der Waals surface area contributed by atoms with Gasteiger partial charge in [0.1, 0.15) is 0 Å². The van der Waals surface area contributed by atoms with Crippen LogP contribution in [0.3, 0.4) is 0 Å². The molecular weight excluding hydrogens is 204 g/mol. The van der Waals surface area contributed by atoms with E-state index in [-0.39, 0.29) is 11.6 Å². The molecule has 1 saturated carbocycles. The maximum atomic E-state index is 9.15. The van der Waals surface area contributed by atoms with Crippen LogP contribution in [0.2, 0.25) is 0 Å². The zero-order valence-electron chi connectivity index (χ0n) is 10.1. The minimum absolute atomic E-state index is 0.0160. The lowest BCUT2D eigenvalue weighted by atomic mass is 9.89. The SMILES string of the molecule is CC(C)(C)n1cc(CNC2CC(O)C2)nn1. The summed E-state index contributed by atoms with van der Waals surface area (Å²) in [7, 11) is 0. The van der Waals surface area contributed by atoms with Crippen molar-refractivity contribution in [2.45, 2.75) is 57.8 Å². The number of nitrogens with one attached hydrogen (secondary N) is 1. The standard InChI is InChI=1S/C11H20N4O/c1-11(2,3)15-7-9(13-14-15)6-12-8-4-10(16)5-8/h7-8,10,12,16H,4-6H2,1-3H3. The number of aliphatic hydroxyl groups is 1.